The molecule has 38 heavy (non-hydrogen) atoms. The van der Waals surface area contributed by atoms with Gasteiger partial charge in [0.25, 0.3) is 5.88 Å². The fraction of sp³-hybridized carbons (Fsp3) is 0.423. The van der Waals surface area contributed by atoms with Crippen LogP contribution in [0.15, 0.2) is 48.8 Å². The van der Waals surface area contributed by atoms with Gasteiger partial charge in [0.2, 0.25) is 6.10 Å². The molecule has 1 aromatic heterocycles. The first kappa shape index (κ1) is 28.4. The zero-order valence-corrected chi connectivity index (χ0v) is 22.3. The summed E-state index contributed by atoms with van der Waals surface area (Å²) in [6, 6.07) is 8.70. The van der Waals surface area contributed by atoms with Crippen molar-refractivity contribution in [3.8, 4) is 5.88 Å². The van der Waals surface area contributed by atoms with Crippen molar-refractivity contribution < 1.29 is 28.7 Å². The van der Waals surface area contributed by atoms with Crippen LogP contribution in [0.1, 0.15) is 51.8 Å². The highest BCUT2D eigenvalue weighted by Gasteiger charge is 2.38. The van der Waals surface area contributed by atoms with E-state index >= 15 is 0 Å². The minimum absolute atomic E-state index is 0.0215. The number of pyridine rings is 1. The van der Waals surface area contributed by atoms with Gasteiger partial charge in [-0.1, -0.05) is 30.3 Å². The van der Waals surface area contributed by atoms with Crippen molar-refractivity contribution in [3.63, 3.8) is 0 Å². The standard InChI is InChI=1S/C26H33N5O7/c1-7-36-24(32)22(21(17-11-9-8-10-12-17)28-25(33)38-26(3,4)5)37-23-20(31(34)35)13-18(14-27-23)19-15-30(6)29-16(19)2/h8-16,21-22,29H,7H2,1-6H3,(H,28,33)/t16?,21-,22-/m1/s1. The molecule has 2 N–H and O–H groups in total. The van der Waals surface area contributed by atoms with Gasteiger partial charge in [-0.15, -0.1) is 0 Å². The number of hydrogen-bond acceptors (Lipinski definition) is 10. The second-order valence-electron chi connectivity index (χ2n) is 9.68. The number of amides is 1. The summed E-state index contributed by atoms with van der Waals surface area (Å²) in [7, 11) is 1.81. The summed E-state index contributed by atoms with van der Waals surface area (Å²) in [5, 5.41) is 16.4. The summed E-state index contributed by atoms with van der Waals surface area (Å²) in [5.74, 6) is -1.23. The van der Waals surface area contributed by atoms with E-state index in [9.17, 15) is 19.7 Å². The van der Waals surface area contributed by atoms with E-state index in [0.29, 0.717) is 11.1 Å². The average molecular weight is 528 g/mol. The van der Waals surface area contributed by atoms with Crippen LogP contribution >= 0.6 is 0 Å². The van der Waals surface area contributed by atoms with Crippen molar-refractivity contribution in [2.75, 3.05) is 13.7 Å². The third-order valence-corrected chi connectivity index (χ3v) is 5.45. The van der Waals surface area contributed by atoms with Gasteiger partial charge in [-0.25, -0.2) is 20.0 Å². The summed E-state index contributed by atoms with van der Waals surface area (Å²) < 4.78 is 16.5. The Bertz CT molecular complexity index is 1200. The van der Waals surface area contributed by atoms with Crippen molar-refractivity contribution in [3.05, 3.63) is 70.0 Å². The number of nitro groups is 1. The van der Waals surface area contributed by atoms with Crippen LogP contribution in [-0.2, 0) is 14.3 Å². The number of benzene rings is 1. The number of nitrogens with one attached hydrogen (secondary N) is 2. The van der Waals surface area contributed by atoms with Crippen LogP contribution in [0.2, 0.25) is 0 Å². The monoisotopic (exact) mass is 527 g/mol. The highest BCUT2D eigenvalue weighted by Crippen LogP contribution is 2.33. The maximum atomic E-state index is 13.1. The number of ether oxygens (including phenoxy) is 3. The van der Waals surface area contributed by atoms with Gasteiger partial charge in [-0.3, -0.25) is 10.1 Å². The topological polar surface area (TPSA) is 145 Å². The fourth-order valence-corrected chi connectivity index (χ4v) is 3.90. The molecule has 1 aliphatic heterocycles. The number of hydrazine groups is 1. The molecule has 0 saturated carbocycles. The second kappa shape index (κ2) is 11.9. The lowest BCUT2D eigenvalue weighted by Crippen LogP contribution is -2.46. The molecule has 12 heteroatoms. The molecule has 1 aromatic carbocycles. The van der Waals surface area contributed by atoms with Crippen molar-refractivity contribution in [2.24, 2.45) is 0 Å². The lowest BCUT2D eigenvalue weighted by Gasteiger charge is -2.28. The van der Waals surface area contributed by atoms with Crippen LogP contribution in [0.25, 0.3) is 5.57 Å². The van der Waals surface area contributed by atoms with Crippen LogP contribution in [-0.4, -0.2) is 58.4 Å². The zero-order valence-electron chi connectivity index (χ0n) is 22.3. The molecule has 0 spiro atoms. The third kappa shape index (κ3) is 7.19. The predicted molar refractivity (Wildman–Crippen MR) is 139 cm³/mol. The number of alkyl carbamates (subject to hydrolysis) is 1. The zero-order chi connectivity index (χ0) is 28.0. The molecule has 1 amide bonds. The molecule has 0 radical (unpaired) electrons. The van der Waals surface area contributed by atoms with Gasteiger partial charge in [0.05, 0.1) is 17.6 Å². The van der Waals surface area contributed by atoms with Gasteiger partial charge in [0.15, 0.2) is 0 Å². The number of aromatic nitrogens is 1. The fourth-order valence-electron chi connectivity index (χ4n) is 3.90. The van der Waals surface area contributed by atoms with E-state index in [-0.39, 0.29) is 12.6 Å². The molecule has 0 saturated heterocycles. The lowest BCUT2D eigenvalue weighted by atomic mass is 10.0. The third-order valence-electron chi connectivity index (χ3n) is 5.45. The Labute approximate surface area is 221 Å². The Kier molecular flexibility index (Phi) is 8.89. The SMILES string of the molecule is CCOC(=O)[C@H](Oc1ncc(C2=CN(C)NC2C)cc1[N+](=O)[O-])[C@H](NC(=O)OC(C)(C)C)c1ccccc1. The molecule has 1 aliphatic rings. The second-order valence-corrected chi connectivity index (χ2v) is 9.68. The first-order valence-electron chi connectivity index (χ1n) is 12.1. The van der Waals surface area contributed by atoms with Crippen LogP contribution in [0, 0.1) is 10.1 Å². The molecular weight excluding hydrogens is 494 g/mol. The Morgan fingerprint density at radius 1 is 1.26 bits per heavy atom. The van der Waals surface area contributed by atoms with Gasteiger partial charge in [-0.05, 0) is 45.8 Å². The number of carbonyl (C=O) groups excluding carboxylic acids is 2. The highest BCUT2D eigenvalue weighted by atomic mass is 16.6. The quantitative estimate of drug-likeness (QED) is 0.281. The van der Waals surface area contributed by atoms with E-state index in [0.717, 1.165) is 5.57 Å². The highest BCUT2D eigenvalue weighted by molar-refractivity contribution is 5.79. The molecular formula is C26H33N5O7. The summed E-state index contributed by atoms with van der Waals surface area (Å²) >= 11 is 0. The van der Waals surface area contributed by atoms with Crippen LogP contribution in [0.4, 0.5) is 10.5 Å². The van der Waals surface area contributed by atoms with Gasteiger partial charge in [0.1, 0.15) is 11.6 Å². The van der Waals surface area contributed by atoms with E-state index in [1.165, 1.54) is 12.3 Å². The maximum absolute atomic E-state index is 13.1. The Morgan fingerprint density at radius 3 is 2.50 bits per heavy atom. The summed E-state index contributed by atoms with van der Waals surface area (Å²) in [6.45, 7) is 8.65. The van der Waals surface area contributed by atoms with Crippen LogP contribution in [0.3, 0.4) is 0 Å². The lowest BCUT2D eigenvalue weighted by molar-refractivity contribution is -0.386. The van der Waals surface area contributed by atoms with Crippen LogP contribution in [0.5, 0.6) is 5.88 Å². The van der Waals surface area contributed by atoms with Crippen molar-refractivity contribution in [1.82, 2.24) is 20.7 Å². The Balaban J connectivity index is 2.03. The summed E-state index contributed by atoms with van der Waals surface area (Å²) in [4.78, 5) is 41.4. The minimum atomic E-state index is -1.51. The normalized spacial score (nSPS) is 16.7. The maximum Gasteiger partial charge on any atom is 0.408 e. The Morgan fingerprint density at radius 2 is 1.95 bits per heavy atom. The van der Waals surface area contributed by atoms with E-state index in [2.05, 4.69) is 15.7 Å². The van der Waals surface area contributed by atoms with Crippen molar-refractivity contribution in [2.45, 2.75) is 58.4 Å². The summed E-state index contributed by atoms with van der Waals surface area (Å²) in [5.41, 5.74) is 3.72. The van der Waals surface area contributed by atoms with Crippen LogP contribution < -0.4 is 15.5 Å². The van der Waals surface area contributed by atoms with Gasteiger partial charge in [0, 0.05) is 31.1 Å². The molecule has 2 heterocycles. The molecule has 2 aromatic rings. The number of hydrogen-bond donors (Lipinski definition) is 2. The molecule has 0 fully saturated rings. The minimum Gasteiger partial charge on any atom is -0.463 e. The van der Waals surface area contributed by atoms with Crippen molar-refractivity contribution >= 4 is 23.3 Å². The molecule has 3 rings (SSSR count). The number of carbonyl (C=O) groups is 2. The average Bonchev–Trinajstić information content (AvgIpc) is 3.18. The molecule has 3 atom stereocenters. The van der Waals surface area contributed by atoms with E-state index in [1.807, 2.05) is 20.2 Å². The predicted octanol–water partition coefficient (Wildman–Crippen LogP) is 3.75. The van der Waals surface area contributed by atoms with Crippen molar-refractivity contribution in [1.29, 1.82) is 0 Å². The van der Waals surface area contributed by atoms with E-state index in [4.69, 9.17) is 14.2 Å². The molecule has 0 aliphatic carbocycles. The van der Waals surface area contributed by atoms with Gasteiger partial charge >= 0.3 is 17.7 Å². The summed E-state index contributed by atoms with van der Waals surface area (Å²) in [6.07, 6.45) is 0.927. The van der Waals surface area contributed by atoms with E-state index in [1.54, 1.807) is 63.0 Å². The number of esters is 1. The first-order valence-corrected chi connectivity index (χ1v) is 12.1. The number of rotatable bonds is 9. The molecule has 1 unspecified atom stereocenters. The molecule has 12 nitrogen and oxygen atoms in total. The largest absolute Gasteiger partial charge is 0.463 e. The molecule has 204 valence electrons. The smallest absolute Gasteiger partial charge is 0.408 e. The van der Waals surface area contributed by atoms with Gasteiger partial charge in [-0.2, -0.15) is 0 Å². The van der Waals surface area contributed by atoms with E-state index < -0.39 is 46.3 Å². The first-order chi connectivity index (χ1) is 17.9. The molecule has 0 bridgehead atoms. The number of nitrogens with zero attached hydrogens (tertiary/aromatic N) is 3. The van der Waals surface area contributed by atoms with Gasteiger partial charge < -0.3 is 24.5 Å². The Hall–Kier alpha value is -4.19.